The number of unbranched alkanes of at least 4 members (excludes halogenated alkanes) is 2. The molecule has 0 aromatic heterocycles. The second kappa shape index (κ2) is 8.91. The first-order valence-electron chi connectivity index (χ1n) is 11.3. The molecule has 0 nitrogen and oxygen atoms in total. The summed E-state index contributed by atoms with van der Waals surface area (Å²) in [5.41, 5.74) is 0. The zero-order valence-electron chi connectivity index (χ0n) is 16.1. The smallest absolute Gasteiger partial charge is 0.0357 e. The Hall–Kier alpha value is 0. The van der Waals surface area contributed by atoms with E-state index < -0.39 is 0 Å². The van der Waals surface area contributed by atoms with Crippen molar-refractivity contribution in [2.24, 2.45) is 35.5 Å². The van der Waals surface area contributed by atoms with Gasteiger partial charge in [-0.2, -0.15) is 0 Å². The molecule has 0 heteroatoms. The molecule has 0 aromatic carbocycles. The second-order valence-electron chi connectivity index (χ2n) is 9.45. The zero-order valence-corrected chi connectivity index (χ0v) is 16.1. The van der Waals surface area contributed by atoms with Crippen LogP contribution in [0.3, 0.4) is 0 Å². The van der Waals surface area contributed by atoms with E-state index in [1.807, 2.05) is 0 Å². The molecule has 0 radical (unpaired) electrons. The van der Waals surface area contributed by atoms with Crippen molar-refractivity contribution in [2.75, 3.05) is 0 Å². The quantitative estimate of drug-likeness (QED) is 0.423. The average molecular weight is 319 g/mol. The molecule has 3 fully saturated rings. The fourth-order valence-corrected chi connectivity index (χ4v) is 6.74. The maximum absolute atomic E-state index is 2.56. The maximum Gasteiger partial charge on any atom is -0.0357 e. The summed E-state index contributed by atoms with van der Waals surface area (Å²) in [5, 5.41) is 0. The van der Waals surface area contributed by atoms with Gasteiger partial charge in [0.15, 0.2) is 0 Å². The first-order valence-corrected chi connectivity index (χ1v) is 11.3. The van der Waals surface area contributed by atoms with Crippen molar-refractivity contribution in [3.8, 4) is 0 Å². The van der Waals surface area contributed by atoms with Crippen LogP contribution < -0.4 is 0 Å². The van der Waals surface area contributed by atoms with Crippen LogP contribution in [0.1, 0.15) is 110 Å². The summed E-state index contributed by atoms with van der Waals surface area (Å²) in [5.74, 6) is 6.56. The fraction of sp³-hybridized carbons (Fsp3) is 1.00. The third-order valence-electron chi connectivity index (χ3n) is 8.10. The number of fused-ring (bicyclic) bond motifs is 1. The minimum absolute atomic E-state index is 1.02. The molecule has 0 aliphatic heterocycles. The molecule has 3 saturated carbocycles. The van der Waals surface area contributed by atoms with Gasteiger partial charge in [-0.3, -0.25) is 0 Å². The number of hydrogen-bond acceptors (Lipinski definition) is 0. The third-order valence-corrected chi connectivity index (χ3v) is 8.10. The van der Waals surface area contributed by atoms with E-state index in [2.05, 4.69) is 13.8 Å². The van der Waals surface area contributed by atoms with Crippen LogP contribution in [-0.2, 0) is 0 Å². The molecule has 6 atom stereocenters. The van der Waals surface area contributed by atoms with E-state index in [1.165, 1.54) is 38.5 Å². The lowest BCUT2D eigenvalue weighted by atomic mass is 9.64. The van der Waals surface area contributed by atoms with Gasteiger partial charge in [0.2, 0.25) is 0 Å². The van der Waals surface area contributed by atoms with E-state index in [9.17, 15) is 0 Å². The van der Waals surface area contributed by atoms with Gasteiger partial charge in [-0.15, -0.1) is 0 Å². The molecule has 6 unspecified atom stereocenters. The Kier molecular flexibility index (Phi) is 6.90. The zero-order chi connectivity index (χ0) is 16.1. The van der Waals surface area contributed by atoms with Gasteiger partial charge in [0.25, 0.3) is 0 Å². The van der Waals surface area contributed by atoms with Gasteiger partial charge in [0.1, 0.15) is 0 Å². The molecule has 0 aromatic rings. The van der Waals surface area contributed by atoms with Gasteiger partial charge >= 0.3 is 0 Å². The summed E-state index contributed by atoms with van der Waals surface area (Å²) >= 11 is 0. The molecular formula is C23H42. The lowest BCUT2D eigenvalue weighted by molar-refractivity contribution is 0.0891. The fourth-order valence-electron chi connectivity index (χ4n) is 6.74. The summed E-state index contributed by atoms with van der Waals surface area (Å²) in [6.07, 6.45) is 23.0. The van der Waals surface area contributed by atoms with E-state index in [4.69, 9.17) is 0 Å². The van der Waals surface area contributed by atoms with Crippen molar-refractivity contribution in [1.82, 2.24) is 0 Å². The van der Waals surface area contributed by atoms with Crippen LogP contribution in [0.5, 0.6) is 0 Å². The van der Waals surface area contributed by atoms with Crippen molar-refractivity contribution in [3.63, 3.8) is 0 Å². The molecule has 0 N–H and O–H groups in total. The van der Waals surface area contributed by atoms with Crippen molar-refractivity contribution >= 4 is 0 Å². The van der Waals surface area contributed by atoms with Crippen molar-refractivity contribution < 1.29 is 0 Å². The minimum Gasteiger partial charge on any atom is -0.0654 e. The van der Waals surface area contributed by atoms with E-state index >= 15 is 0 Å². The summed E-state index contributed by atoms with van der Waals surface area (Å²) in [7, 11) is 0. The van der Waals surface area contributed by atoms with E-state index in [0.717, 1.165) is 35.5 Å². The van der Waals surface area contributed by atoms with Gasteiger partial charge in [0, 0.05) is 0 Å². The first kappa shape index (κ1) is 17.8. The van der Waals surface area contributed by atoms with Crippen LogP contribution in [0.15, 0.2) is 0 Å². The first-order chi connectivity index (χ1) is 11.3. The van der Waals surface area contributed by atoms with Crippen LogP contribution in [-0.4, -0.2) is 0 Å². The molecular weight excluding hydrogens is 276 g/mol. The van der Waals surface area contributed by atoms with Crippen molar-refractivity contribution in [2.45, 2.75) is 110 Å². The summed E-state index contributed by atoms with van der Waals surface area (Å²) in [6, 6.07) is 0. The highest BCUT2D eigenvalue weighted by Gasteiger charge is 2.37. The average Bonchev–Trinajstić information content (AvgIpc) is 2.93. The normalized spacial score (nSPS) is 41.0. The standard InChI is InChI=1S/C23H42/c1-3-4-5-9-20-15-14-18(2)22(20)17-16-21-12-8-11-19-10-6-7-13-23(19)21/h18-23H,3-17H2,1-2H3. The highest BCUT2D eigenvalue weighted by molar-refractivity contribution is 4.88. The van der Waals surface area contributed by atoms with Crippen LogP contribution in [0, 0.1) is 35.5 Å². The lowest BCUT2D eigenvalue weighted by Crippen LogP contribution is -2.31. The topological polar surface area (TPSA) is 0 Å². The van der Waals surface area contributed by atoms with Gasteiger partial charge < -0.3 is 0 Å². The van der Waals surface area contributed by atoms with Gasteiger partial charge in [-0.25, -0.2) is 0 Å². The Balaban J connectivity index is 1.49. The number of rotatable bonds is 7. The SMILES string of the molecule is CCCCCC1CCC(C)C1CCC1CCCC2CCCCC21. The largest absolute Gasteiger partial charge is 0.0654 e. The van der Waals surface area contributed by atoms with Gasteiger partial charge in [0.05, 0.1) is 0 Å². The monoisotopic (exact) mass is 318 g/mol. The molecule has 134 valence electrons. The Morgan fingerprint density at radius 1 is 0.696 bits per heavy atom. The van der Waals surface area contributed by atoms with Crippen LogP contribution in [0.2, 0.25) is 0 Å². The van der Waals surface area contributed by atoms with Crippen LogP contribution in [0.4, 0.5) is 0 Å². The highest BCUT2D eigenvalue weighted by atomic mass is 14.4. The van der Waals surface area contributed by atoms with Crippen LogP contribution >= 0.6 is 0 Å². The van der Waals surface area contributed by atoms with Gasteiger partial charge in [-0.1, -0.05) is 84.5 Å². The molecule has 0 amide bonds. The molecule has 23 heavy (non-hydrogen) atoms. The Labute approximate surface area is 146 Å². The Morgan fingerprint density at radius 2 is 1.52 bits per heavy atom. The number of hydrogen-bond donors (Lipinski definition) is 0. The molecule has 0 bridgehead atoms. The molecule has 3 rings (SSSR count). The lowest BCUT2D eigenvalue weighted by Gasteiger charge is -2.42. The predicted molar refractivity (Wildman–Crippen MR) is 102 cm³/mol. The van der Waals surface area contributed by atoms with Crippen molar-refractivity contribution in [1.29, 1.82) is 0 Å². The predicted octanol–water partition coefficient (Wildman–Crippen LogP) is 7.62. The van der Waals surface area contributed by atoms with Crippen LogP contribution in [0.25, 0.3) is 0 Å². The van der Waals surface area contributed by atoms with Crippen molar-refractivity contribution in [3.05, 3.63) is 0 Å². The third kappa shape index (κ3) is 4.55. The highest BCUT2D eigenvalue weighted by Crippen LogP contribution is 2.48. The van der Waals surface area contributed by atoms with E-state index in [0.29, 0.717) is 0 Å². The molecule has 0 heterocycles. The second-order valence-corrected chi connectivity index (χ2v) is 9.45. The molecule has 0 spiro atoms. The molecule has 3 aliphatic rings. The maximum atomic E-state index is 2.56. The minimum atomic E-state index is 1.02. The van der Waals surface area contributed by atoms with E-state index in [-0.39, 0.29) is 0 Å². The summed E-state index contributed by atoms with van der Waals surface area (Å²) in [4.78, 5) is 0. The van der Waals surface area contributed by atoms with Gasteiger partial charge in [-0.05, 0) is 61.2 Å². The Morgan fingerprint density at radius 3 is 2.39 bits per heavy atom. The molecule has 3 aliphatic carbocycles. The summed E-state index contributed by atoms with van der Waals surface area (Å²) < 4.78 is 0. The van der Waals surface area contributed by atoms with E-state index in [1.54, 1.807) is 57.8 Å². The Bertz CT molecular complexity index is 331. The summed E-state index contributed by atoms with van der Waals surface area (Å²) in [6.45, 7) is 4.91. The molecule has 0 saturated heterocycles.